The Labute approximate surface area is 107 Å². The molecule has 0 aliphatic heterocycles. The molecule has 0 aromatic rings. The lowest BCUT2D eigenvalue weighted by atomic mass is 10.0. The van der Waals surface area contributed by atoms with Crippen LogP contribution < -0.4 is 0 Å². The molecular weight excluding hydrogens is 230 g/mol. The Hall–Kier alpha value is -1.86. The summed E-state index contributed by atoms with van der Waals surface area (Å²) in [6, 6.07) is 1.90. The quantitative estimate of drug-likeness (QED) is 0.349. The number of carbonyl (C=O) groups excluding carboxylic acids is 1. The first-order chi connectivity index (χ1) is 8.60. The first-order valence-corrected chi connectivity index (χ1v) is 5.83. The number of aliphatic hydroxyl groups is 1. The van der Waals surface area contributed by atoms with Crippen molar-refractivity contribution < 1.29 is 14.6 Å². The maximum atomic E-state index is 11.5. The Kier molecular flexibility index (Phi) is 5.34. The summed E-state index contributed by atoms with van der Waals surface area (Å²) in [6.07, 6.45) is 3.86. The number of carbonyl (C=O) groups is 1. The summed E-state index contributed by atoms with van der Waals surface area (Å²) in [5, 5.41) is 18.1. The van der Waals surface area contributed by atoms with Crippen molar-refractivity contribution in [3.8, 4) is 6.07 Å². The number of esters is 1. The molecule has 1 atom stereocenters. The molecule has 0 saturated carbocycles. The minimum atomic E-state index is -0.530. The van der Waals surface area contributed by atoms with E-state index >= 15 is 0 Å². The van der Waals surface area contributed by atoms with E-state index in [1.807, 2.05) is 13.0 Å². The lowest BCUT2D eigenvalue weighted by molar-refractivity contribution is -0.137. The molecule has 0 fully saturated rings. The monoisotopic (exact) mass is 247 g/mol. The van der Waals surface area contributed by atoms with Gasteiger partial charge in [0.2, 0.25) is 0 Å². The van der Waals surface area contributed by atoms with E-state index in [1.165, 1.54) is 6.08 Å². The Morgan fingerprint density at radius 2 is 2.44 bits per heavy atom. The second-order valence-electron chi connectivity index (χ2n) is 4.12. The minimum absolute atomic E-state index is 0.0984. The predicted molar refractivity (Wildman–Crippen MR) is 67.4 cm³/mol. The van der Waals surface area contributed by atoms with Gasteiger partial charge >= 0.3 is 5.97 Å². The van der Waals surface area contributed by atoms with Crippen LogP contribution in [-0.4, -0.2) is 23.8 Å². The summed E-state index contributed by atoms with van der Waals surface area (Å²) in [6.45, 7) is 5.61. The van der Waals surface area contributed by atoms with Gasteiger partial charge in [-0.1, -0.05) is 6.08 Å². The maximum absolute atomic E-state index is 11.5. The molecule has 0 bridgehead atoms. The van der Waals surface area contributed by atoms with E-state index in [0.29, 0.717) is 12.8 Å². The van der Waals surface area contributed by atoms with E-state index in [-0.39, 0.29) is 13.0 Å². The van der Waals surface area contributed by atoms with Crippen molar-refractivity contribution in [2.24, 2.45) is 0 Å². The third-order valence-corrected chi connectivity index (χ3v) is 2.88. The van der Waals surface area contributed by atoms with Crippen LogP contribution >= 0.6 is 0 Å². The van der Waals surface area contributed by atoms with E-state index in [1.54, 1.807) is 6.08 Å². The molecule has 1 aliphatic rings. The van der Waals surface area contributed by atoms with E-state index in [0.717, 1.165) is 16.7 Å². The van der Waals surface area contributed by atoms with Gasteiger partial charge in [-0.25, -0.2) is 4.79 Å². The molecule has 0 radical (unpaired) electrons. The fourth-order valence-corrected chi connectivity index (χ4v) is 1.90. The maximum Gasteiger partial charge on any atom is 0.331 e. The number of nitrogens with zero attached hydrogens (tertiary/aromatic N) is 1. The van der Waals surface area contributed by atoms with E-state index in [4.69, 9.17) is 10.00 Å². The Balaban J connectivity index is 2.74. The standard InChI is InChI=1S/C14H17NO3/c1-3-5-12-10(2)13(16)8-11(12)9-14(17)18-7-4-6-15/h3,9,13,16H,1,4-5,7-8H2,2H3. The molecule has 0 spiro atoms. The van der Waals surface area contributed by atoms with Gasteiger partial charge in [-0.15, -0.1) is 6.58 Å². The molecule has 4 nitrogen and oxygen atoms in total. The smallest absolute Gasteiger partial charge is 0.331 e. The van der Waals surface area contributed by atoms with Crippen molar-refractivity contribution in [2.75, 3.05) is 6.61 Å². The molecule has 0 aromatic carbocycles. The van der Waals surface area contributed by atoms with Gasteiger partial charge in [-0.05, 0) is 30.1 Å². The highest BCUT2D eigenvalue weighted by atomic mass is 16.5. The van der Waals surface area contributed by atoms with Gasteiger partial charge in [0.15, 0.2) is 0 Å². The molecule has 0 amide bonds. The molecule has 0 aromatic heterocycles. The number of allylic oxidation sites excluding steroid dienone is 2. The zero-order chi connectivity index (χ0) is 13.5. The molecule has 1 unspecified atom stereocenters. The average molecular weight is 247 g/mol. The van der Waals surface area contributed by atoms with Crippen molar-refractivity contribution in [1.29, 1.82) is 5.26 Å². The van der Waals surface area contributed by atoms with Crippen LogP contribution in [0.1, 0.15) is 26.2 Å². The fourth-order valence-electron chi connectivity index (χ4n) is 1.90. The van der Waals surface area contributed by atoms with Crippen LogP contribution in [0.4, 0.5) is 0 Å². The van der Waals surface area contributed by atoms with Gasteiger partial charge in [0.1, 0.15) is 6.61 Å². The number of hydrogen-bond donors (Lipinski definition) is 1. The van der Waals surface area contributed by atoms with Crippen molar-refractivity contribution in [1.82, 2.24) is 0 Å². The lowest BCUT2D eigenvalue weighted by Gasteiger charge is -2.03. The Morgan fingerprint density at radius 1 is 1.72 bits per heavy atom. The molecular formula is C14H17NO3. The fraction of sp³-hybridized carbons (Fsp3) is 0.429. The highest BCUT2D eigenvalue weighted by molar-refractivity contribution is 5.84. The molecule has 0 saturated heterocycles. The van der Waals surface area contributed by atoms with Crippen molar-refractivity contribution in [2.45, 2.75) is 32.3 Å². The van der Waals surface area contributed by atoms with Crippen LogP contribution in [0.2, 0.25) is 0 Å². The first kappa shape index (κ1) is 14.2. The van der Waals surface area contributed by atoms with Crippen LogP contribution in [-0.2, 0) is 9.53 Å². The summed E-state index contributed by atoms with van der Waals surface area (Å²) in [4.78, 5) is 11.5. The SMILES string of the molecule is C=CCC1=C(C)C(O)CC1=CC(=O)OCCC#N. The summed E-state index contributed by atoms with van der Waals surface area (Å²) >= 11 is 0. The summed E-state index contributed by atoms with van der Waals surface area (Å²) in [7, 11) is 0. The number of ether oxygens (including phenoxy) is 1. The van der Waals surface area contributed by atoms with Crippen molar-refractivity contribution in [3.63, 3.8) is 0 Å². The van der Waals surface area contributed by atoms with Gasteiger partial charge in [0, 0.05) is 12.5 Å². The number of nitriles is 1. The third-order valence-electron chi connectivity index (χ3n) is 2.88. The number of hydrogen-bond acceptors (Lipinski definition) is 4. The highest BCUT2D eigenvalue weighted by Crippen LogP contribution is 2.33. The van der Waals surface area contributed by atoms with Crippen LogP contribution in [0, 0.1) is 11.3 Å². The second kappa shape index (κ2) is 6.77. The molecule has 0 heterocycles. The van der Waals surface area contributed by atoms with Gasteiger partial charge < -0.3 is 9.84 Å². The van der Waals surface area contributed by atoms with Gasteiger partial charge in [0.25, 0.3) is 0 Å². The van der Waals surface area contributed by atoms with Crippen molar-refractivity contribution in [3.05, 3.63) is 35.5 Å². The van der Waals surface area contributed by atoms with Crippen LogP contribution in [0.25, 0.3) is 0 Å². The molecule has 1 rings (SSSR count). The van der Waals surface area contributed by atoms with E-state index in [2.05, 4.69) is 6.58 Å². The van der Waals surface area contributed by atoms with E-state index in [9.17, 15) is 9.90 Å². The van der Waals surface area contributed by atoms with Gasteiger partial charge in [-0.2, -0.15) is 5.26 Å². The zero-order valence-corrected chi connectivity index (χ0v) is 10.5. The number of aliphatic hydroxyl groups excluding tert-OH is 1. The zero-order valence-electron chi connectivity index (χ0n) is 10.5. The van der Waals surface area contributed by atoms with Gasteiger partial charge in [0.05, 0.1) is 18.6 Å². The molecule has 18 heavy (non-hydrogen) atoms. The molecule has 96 valence electrons. The number of rotatable bonds is 5. The topological polar surface area (TPSA) is 70.3 Å². The molecule has 1 aliphatic carbocycles. The molecule has 1 N–H and O–H groups in total. The van der Waals surface area contributed by atoms with Crippen molar-refractivity contribution >= 4 is 5.97 Å². The molecule has 4 heteroatoms. The summed E-state index contributed by atoms with van der Waals surface area (Å²) in [5.41, 5.74) is 2.63. The lowest BCUT2D eigenvalue weighted by Crippen LogP contribution is -2.04. The Bertz CT molecular complexity index is 440. The largest absolute Gasteiger partial charge is 0.461 e. The predicted octanol–water partition coefficient (Wildman–Crippen LogP) is 2.03. The van der Waals surface area contributed by atoms with Gasteiger partial charge in [-0.3, -0.25) is 0 Å². The Morgan fingerprint density at radius 3 is 3.06 bits per heavy atom. The summed E-state index contributed by atoms with van der Waals surface area (Å²) < 4.78 is 4.87. The minimum Gasteiger partial charge on any atom is -0.461 e. The van der Waals surface area contributed by atoms with Crippen LogP contribution in [0.3, 0.4) is 0 Å². The highest BCUT2D eigenvalue weighted by Gasteiger charge is 2.24. The van der Waals surface area contributed by atoms with Crippen LogP contribution in [0.15, 0.2) is 35.5 Å². The normalized spacial score (nSPS) is 20.9. The third kappa shape index (κ3) is 3.57. The van der Waals surface area contributed by atoms with Crippen LogP contribution in [0.5, 0.6) is 0 Å². The first-order valence-electron chi connectivity index (χ1n) is 5.83. The second-order valence-corrected chi connectivity index (χ2v) is 4.12. The average Bonchev–Trinajstić information content (AvgIpc) is 2.58. The van der Waals surface area contributed by atoms with E-state index < -0.39 is 12.1 Å². The summed E-state index contributed by atoms with van der Waals surface area (Å²) in [5.74, 6) is -0.469.